The van der Waals surface area contributed by atoms with Gasteiger partial charge >= 0.3 is 0 Å². The lowest BCUT2D eigenvalue weighted by atomic mass is 10.4. The van der Waals surface area contributed by atoms with Crippen LogP contribution < -0.4 is 5.73 Å². The van der Waals surface area contributed by atoms with Gasteiger partial charge in [-0.05, 0) is 12.1 Å². The Morgan fingerprint density at radius 3 is 1.75 bits per heavy atom. The molecule has 0 aromatic rings. The molecule has 0 saturated heterocycles. The maximum atomic E-state index is 5.61. The molecule has 0 radical (unpaired) electrons. The Morgan fingerprint density at radius 1 is 1.38 bits per heavy atom. The number of hydrogen-bond acceptors (Lipinski definition) is 1. The zero-order valence-corrected chi connectivity index (χ0v) is 7.36. The molecule has 50 valence electrons. The molecule has 2 heteroatoms. The summed E-state index contributed by atoms with van der Waals surface area (Å²) in [5.41, 5.74) is 5.61. The third-order valence-electron chi connectivity index (χ3n) is 0.934. The van der Waals surface area contributed by atoms with Gasteiger partial charge in [0.05, 0.1) is 0 Å². The van der Waals surface area contributed by atoms with Crippen molar-refractivity contribution in [2.75, 3.05) is 0 Å². The first-order valence-corrected chi connectivity index (χ1v) is 6.88. The van der Waals surface area contributed by atoms with Crippen LogP contribution in [0.3, 0.4) is 0 Å². The molecule has 1 atom stereocenters. The SMILES string of the molecule is CC(N)C[Si](C)(C)C. The molecule has 0 saturated carbocycles. The van der Waals surface area contributed by atoms with E-state index in [4.69, 9.17) is 5.73 Å². The van der Waals surface area contributed by atoms with E-state index in [9.17, 15) is 0 Å². The van der Waals surface area contributed by atoms with Crippen molar-refractivity contribution in [3.8, 4) is 0 Å². The zero-order valence-electron chi connectivity index (χ0n) is 6.36. The van der Waals surface area contributed by atoms with Gasteiger partial charge in [0.25, 0.3) is 0 Å². The lowest BCUT2D eigenvalue weighted by Crippen LogP contribution is -2.29. The van der Waals surface area contributed by atoms with E-state index in [0.29, 0.717) is 6.04 Å². The van der Waals surface area contributed by atoms with Crippen LogP contribution in [-0.4, -0.2) is 14.1 Å². The fourth-order valence-corrected chi connectivity index (χ4v) is 2.90. The molecule has 0 heterocycles. The van der Waals surface area contributed by atoms with Gasteiger partial charge in [-0.2, -0.15) is 0 Å². The number of rotatable bonds is 2. The monoisotopic (exact) mass is 131 g/mol. The molecule has 2 N–H and O–H groups in total. The first-order valence-electron chi connectivity index (χ1n) is 3.17. The number of nitrogens with two attached hydrogens (primary N) is 1. The van der Waals surface area contributed by atoms with Crippen LogP contribution in [0.2, 0.25) is 25.7 Å². The first kappa shape index (κ1) is 8.18. The molecular weight excluding hydrogens is 114 g/mol. The molecule has 0 aromatic carbocycles. The minimum absolute atomic E-state index is 0.404. The van der Waals surface area contributed by atoms with Crippen molar-refractivity contribution < 1.29 is 0 Å². The molecule has 0 aliphatic heterocycles. The Bertz CT molecular complexity index is 63.4. The summed E-state index contributed by atoms with van der Waals surface area (Å²) in [6.07, 6.45) is 0. The molecule has 0 spiro atoms. The molecule has 8 heavy (non-hydrogen) atoms. The zero-order chi connectivity index (χ0) is 6.78. The second-order valence-corrected chi connectivity index (χ2v) is 9.27. The van der Waals surface area contributed by atoms with Gasteiger partial charge in [0.15, 0.2) is 0 Å². The van der Waals surface area contributed by atoms with Gasteiger partial charge in [0.1, 0.15) is 0 Å². The highest BCUT2D eigenvalue weighted by Crippen LogP contribution is 2.08. The van der Waals surface area contributed by atoms with Crippen LogP contribution in [0.25, 0.3) is 0 Å². The second-order valence-electron chi connectivity index (χ2n) is 3.74. The molecule has 0 aliphatic rings. The standard InChI is InChI=1S/C6H17NSi/c1-6(7)5-8(2,3)4/h6H,5,7H2,1-4H3. The summed E-state index contributed by atoms with van der Waals surface area (Å²) in [6, 6.07) is 1.65. The molecule has 1 unspecified atom stereocenters. The van der Waals surface area contributed by atoms with E-state index in [1.54, 1.807) is 0 Å². The van der Waals surface area contributed by atoms with Gasteiger partial charge in [-0.25, -0.2) is 0 Å². The van der Waals surface area contributed by atoms with Gasteiger partial charge in [0.2, 0.25) is 0 Å². The predicted molar refractivity (Wildman–Crippen MR) is 41.8 cm³/mol. The Balaban J connectivity index is 3.39. The molecule has 0 aromatic heterocycles. The highest BCUT2D eigenvalue weighted by molar-refractivity contribution is 6.76. The summed E-state index contributed by atoms with van der Waals surface area (Å²) in [7, 11) is -0.845. The minimum atomic E-state index is -0.845. The average molecular weight is 131 g/mol. The summed E-state index contributed by atoms with van der Waals surface area (Å²) in [6.45, 7) is 9.11. The Hall–Kier alpha value is 0.177. The van der Waals surface area contributed by atoms with E-state index in [0.717, 1.165) is 0 Å². The van der Waals surface area contributed by atoms with E-state index in [2.05, 4.69) is 26.6 Å². The van der Waals surface area contributed by atoms with E-state index >= 15 is 0 Å². The lowest BCUT2D eigenvalue weighted by Gasteiger charge is -2.17. The van der Waals surface area contributed by atoms with Gasteiger partial charge in [-0.1, -0.05) is 26.6 Å². The van der Waals surface area contributed by atoms with Crippen molar-refractivity contribution in [1.29, 1.82) is 0 Å². The maximum absolute atomic E-state index is 5.61. The van der Waals surface area contributed by atoms with Crippen molar-refractivity contribution >= 4 is 8.07 Å². The van der Waals surface area contributed by atoms with Crippen LogP contribution in [-0.2, 0) is 0 Å². The molecule has 0 aliphatic carbocycles. The van der Waals surface area contributed by atoms with Crippen molar-refractivity contribution in [3.63, 3.8) is 0 Å². The number of hydrogen-bond donors (Lipinski definition) is 1. The normalized spacial score (nSPS) is 16.1. The maximum Gasteiger partial charge on any atom is 0.0457 e. The first-order chi connectivity index (χ1) is 3.42. The summed E-state index contributed by atoms with van der Waals surface area (Å²) in [5.74, 6) is 0. The molecule has 0 bridgehead atoms. The molecule has 0 fully saturated rings. The highest BCUT2D eigenvalue weighted by atomic mass is 28.3. The average Bonchev–Trinajstić information content (AvgIpc) is 1.21. The van der Waals surface area contributed by atoms with E-state index in [1.165, 1.54) is 6.04 Å². The van der Waals surface area contributed by atoms with Crippen LogP contribution in [0.1, 0.15) is 6.92 Å². The van der Waals surface area contributed by atoms with Gasteiger partial charge in [0, 0.05) is 8.07 Å². The third kappa shape index (κ3) is 6.18. The quantitative estimate of drug-likeness (QED) is 0.567. The van der Waals surface area contributed by atoms with Crippen molar-refractivity contribution in [2.24, 2.45) is 5.73 Å². The lowest BCUT2D eigenvalue weighted by molar-refractivity contribution is 0.816. The summed E-state index contributed by atoms with van der Waals surface area (Å²) >= 11 is 0. The molecule has 0 amide bonds. The van der Waals surface area contributed by atoms with Crippen LogP contribution in [0, 0.1) is 0 Å². The largest absolute Gasteiger partial charge is 0.328 e. The molecule has 0 rings (SSSR count). The molecular formula is C6H17NSi. The van der Waals surface area contributed by atoms with E-state index in [1.807, 2.05) is 0 Å². The van der Waals surface area contributed by atoms with Crippen molar-refractivity contribution in [3.05, 3.63) is 0 Å². The van der Waals surface area contributed by atoms with Crippen molar-refractivity contribution in [1.82, 2.24) is 0 Å². The second kappa shape index (κ2) is 2.64. The summed E-state index contributed by atoms with van der Waals surface area (Å²) < 4.78 is 0. The van der Waals surface area contributed by atoms with Crippen molar-refractivity contribution in [2.45, 2.75) is 38.7 Å². The van der Waals surface area contributed by atoms with Crippen LogP contribution in [0.4, 0.5) is 0 Å². The van der Waals surface area contributed by atoms with Gasteiger partial charge < -0.3 is 5.73 Å². The van der Waals surface area contributed by atoms with Crippen LogP contribution in [0.15, 0.2) is 0 Å². The van der Waals surface area contributed by atoms with E-state index < -0.39 is 8.07 Å². The van der Waals surface area contributed by atoms with E-state index in [-0.39, 0.29) is 0 Å². The molecule has 1 nitrogen and oxygen atoms in total. The summed E-state index contributed by atoms with van der Waals surface area (Å²) in [4.78, 5) is 0. The predicted octanol–water partition coefficient (Wildman–Crippen LogP) is 1.67. The fourth-order valence-electron chi connectivity index (χ4n) is 0.966. The van der Waals surface area contributed by atoms with Gasteiger partial charge in [-0.15, -0.1) is 0 Å². The Labute approximate surface area is 53.3 Å². The summed E-state index contributed by atoms with van der Waals surface area (Å²) in [5, 5.41) is 0. The third-order valence-corrected chi connectivity index (χ3v) is 2.80. The van der Waals surface area contributed by atoms with Crippen LogP contribution >= 0.6 is 0 Å². The smallest absolute Gasteiger partial charge is 0.0457 e. The fraction of sp³-hybridized carbons (Fsp3) is 1.00. The van der Waals surface area contributed by atoms with Gasteiger partial charge in [-0.3, -0.25) is 0 Å². The highest BCUT2D eigenvalue weighted by Gasteiger charge is 2.13. The topological polar surface area (TPSA) is 26.0 Å². The Kier molecular flexibility index (Phi) is 2.70. The minimum Gasteiger partial charge on any atom is -0.328 e. The Morgan fingerprint density at radius 2 is 1.75 bits per heavy atom. The van der Waals surface area contributed by atoms with Crippen LogP contribution in [0.5, 0.6) is 0 Å².